The Morgan fingerprint density at radius 1 is 1.33 bits per heavy atom. The van der Waals surface area contributed by atoms with Crippen LogP contribution in [0.5, 0.6) is 0 Å². The van der Waals surface area contributed by atoms with Crippen molar-refractivity contribution >= 4 is 5.97 Å². The van der Waals surface area contributed by atoms with Crippen molar-refractivity contribution in [3.8, 4) is 0 Å². The predicted octanol–water partition coefficient (Wildman–Crippen LogP) is 2.91. The van der Waals surface area contributed by atoms with Crippen LogP contribution in [-0.2, 0) is 9.53 Å². The fraction of sp³-hybridized carbons (Fsp3) is 0.900. The van der Waals surface area contributed by atoms with E-state index in [0.717, 1.165) is 19.3 Å². The molecule has 0 radical (unpaired) electrons. The molecular weight excluding hydrogens is 152 g/mol. The van der Waals surface area contributed by atoms with Gasteiger partial charge in [0.15, 0.2) is 0 Å². The van der Waals surface area contributed by atoms with Gasteiger partial charge in [-0.15, -0.1) is 0 Å². The molecule has 0 aromatic heterocycles. The molecule has 0 aliphatic rings. The van der Waals surface area contributed by atoms with Crippen molar-refractivity contribution < 1.29 is 9.53 Å². The highest BCUT2D eigenvalue weighted by molar-refractivity contribution is 5.69. The third kappa shape index (κ3) is 5.16. The highest BCUT2D eigenvalue weighted by Gasteiger charge is 2.20. The lowest BCUT2D eigenvalue weighted by molar-refractivity contribution is -0.156. The van der Waals surface area contributed by atoms with Gasteiger partial charge in [0, 0.05) is 6.42 Å². The maximum Gasteiger partial charge on any atom is 0.306 e. The third-order valence-corrected chi connectivity index (χ3v) is 1.81. The second-order valence-corrected chi connectivity index (χ2v) is 3.69. The first kappa shape index (κ1) is 11.5. The molecule has 0 saturated carbocycles. The van der Waals surface area contributed by atoms with Crippen molar-refractivity contribution in [2.45, 2.75) is 59.0 Å². The Hall–Kier alpha value is -0.530. The van der Waals surface area contributed by atoms with Gasteiger partial charge in [-0.1, -0.05) is 20.3 Å². The monoisotopic (exact) mass is 172 g/mol. The molecule has 0 aromatic rings. The normalized spacial score (nSPS) is 11.3. The average molecular weight is 172 g/mol. The van der Waals surface area contributed by atoms with Crippen molar-refractivity contribution in [1.82, 2.24) is 0 Å². The summed E-state index contributed by atoms with van der Waals surface area (Å²) in [6.07, 6.45) is 3.68. The molecule has 0 rings (SSSR count). The number of unbranched alkanes of at least 4 members (excludes halogenated alkanes) is 1. The van der Waals surface area contributed by atoms with Crippen LogP contribution in [-0.4, -0.2) is 11.6 Å². The summed E-state index contributed by atoms with van der Waals surface area (Å²) in [5.74, 6) is -0.101. The zero-order chi connectivity index (χ0) is 9.61. The van der Waals surface area contributed by atoms with Gasteiger partial charge in [0.1, 0.15) is 5.60 Å². The van der Waals surface area contributed by atoms with Gasteiger partial charge in [0.25, 0.3) is 0 Å². The smallest absolute Gasteiger partial charge is 0.306 e. The minimum atomic E-state index is -0.275. The molecule has 0 fully saturated rings. The maximum absolute atomic E-state index is 11.0. The van der Waals surface area contributed by atoms with E-state index in [1.807, 2.05) is 20.8 Å². The number of hydrogen-bond donors (Lipinski definition) is 0. The lowest BCUT2D eigenvalue weighted by Gasteiger charge is -2.24. The van der Waals surface area contributed by atoms with Gasteiger partial charge in [0.05, 0.1) is 0 Å². The van der Waals surface area contributed by atoms with Gasteiger partial charge in [-0.25, -0.2) is 0 Å². The van der Waals surface area contributed by atoms with Crippen LogP contribution in [0.1, 0.15) is 53.4 Å². The Balaban J connectivity index is 3.77. The van der Waals surface area contributed by atoms with Gasteiger partial charge in [0.2, 0.25) is 0 Å². The first-order valence-corrected chi connectivity index (χ1v) is 4.73. The van der Waals surface area contributed by atoms with Crippen LogP contribution in [0.3, 0.4) is 0 Å². The molecular formula is C10H20O2. The minimum Gasteiger partial charge on any atom is -0.460 e. The molecule has 0 spiro atoms. The summed E-state index contributed by atoms with van der Waals surface area (Å²) in [7, 11) is 0. The van der Waals surface area contributed by atoms with Crippen molar-refractivity contribution in [1.29, 1.82) is 0 Å². The lowest BCUT2D eigenvalue weighted by atomic mass is 10.0. The zero-order valence-corrected chi connectivity index (χ0v) is 8.64. The zero-order valence-electron chi connectivity index (χ0n) is 8.64. The van der Waals surface area contributed by atoms with E-state index in [9.17, 15) is 4.79 Å². The van der Waals surface area contributed by atoms with Crippen LogP contribution in [0.15, 0.2) is 0 Å². The Bertz CT molecular complexity index is 139. The number of ether oxygens (including phenoxy) is 1. The molecule has 0 saturated heterocycles. The summed E-state index contributed by atoms with van der Waals surface area (Å²) in [4.78, 5) is 11.0. The van der Waals surface area contributed by atoms with Crippen molar-refractivity contribution in [2.24, 2.45) is 0 Å². The second kappa shape index (κ2) is 5.18. The molecule has 0 atom stereocenters. The summed E-state index contributed by atoms with van der Waals surface area (Å²) < 4.78 is 5.25. The summed E-state index contributed by atoms with van der Waals surface area (Å²) in [6, 6.07) is 0. The van der Waals surface area contributed by atoms with Gasteiger partial charge in [-0.05, 0) is 26.7 Å². The first-order chi connectivity index (χ1) is 5.52. The molecule has 12 heavy (non-hydrogen) atoms. The summed E-state index contributed by atoms with van der Waals surface area (Å²) >= 11 is 0. The highest BCUT2D eigenvalue weighted by atomic mass is 16.6. The van der Waals surface area contributed by atoms with E-state index < -0.39 is 0 Å². The average Bonchev–Trinajstić information content (AvgIpc) is 2.00. The summed E-state index contributed by atoms with van der Waals surface area (Å²) in [5.41, 5.74) is -0.275. The molecule has 0 heterocycles. The SMILES string of the molecule is CCCCC(C)(C)OC(=O)CC. The molecule has 72 valence electrons. The molecule has 0 N–H and O–H groups in total. The van der Waals surface area contributed by atoms with Crippen LogP contribution in [0.2, 0.25) is 0 Å². The van der Waals surface area contributed by atoms with Crippen LogP contribution < -0.4 is 0 Å². The number of carbonyl (C=O) groups is 1. The van der Waals surface area contributed by atoms with E-state index in [-0.39, 0.29) is 11.6 Å². The topological polar surface area (TPSA) is 26.3 Å². The largest absolute Gasteiger partial charge is 0.460 e. The van der Waals surface area contributed by atoms with Crippen LogP contribution >= 0.6 is 0 Å². The Kier molecular flexibility index (Phi) is 4.95. The van der Waals surface area contributed by atoms with Crippen molar-refractivity contribution in [3.63, 3.8) is 0 Å². The van der Waals surface area contributed by atoms with Crippen molar-refractivity contribution in [2.75, 3.05) is 0 Å². The van der Waals surface area contributed by atoms with Gasteiger partial charge < -0.3 is 4.74 Å². The molecule has 0 amide bonds. The van der Waals surface area contributed by atoms with Crippen molar-refractivity contribution in [3.05, 3.63) is 0 Å². The predicted molar refractivity (Wildman–Crippen MR) is 50.0 cm³/mol. The van der Waals surface area contributed by atoms with E-state index in [1.54, 1.807) is 0 Å². The lowest BCUT2D eigenvalue weighted by Crippen LogP contribution is -2.27. The fourth-order valence-electron chi connectivity index (χ4n) is 1.03. The Labute approximate surface area is 75.3 Å². The van der Waals surface area contributed by atoms with E-state index in [0.29, 0.717) is 6.42 Å². The van der Waals surface area contributed by atoms with Crippen LogP contribution in [0.25, 0.3) is 0 Å². The Morgan fingerprint density at radius 2 is 1.92 bits per heavy atom. The number of rotatable bonds is 5. The molecule has 2 heteroatoms. The Morgan fingerprint density at radius 3 is 2.33 bits per heavy atom. The standard InChI is InChI=1S/C10H20O2/c1-5-7-8-10(3,4)12-9(11)6-2/h5-8H2,1-4H3. The number of esters is 1. The first-order valence-electron chi connectivity index (χ1n) is 4.73. The number of hydrogen-bond acceptors (Lipinski definition) is 2. The molecule has 0 bridgehead atoms. The van der Waals surface area contributed by atoms with Crippen LogP contribution in [0.4, 0.5) is 0 Å². The molecule has 0 aliphatic heterocycles. The second-order valence-electron chi connectivity index (χ2n) is 3.69. The quantitative estimate of drug-likeness (QED) is 0.596. The fourth-order valence-corrected chi connectivity index (χ4v) is 1.03. The third-order valence-electron chi connectivity index (χ3n) is 1.81. The van der Waals surface area contributed by atoms with E-state index >= 15 is 0 Å². The maximum atomic E-state index is 11.0. The minimum absolute atomic E-state index is 0.101. The number of carbonyl (C=O) groups excluding carboxylic acids is 1. The molecule has 0 unspecified atom stereocenters. The summed E-state index contributed by atoms with van der Waals surface area (Å²) in [5, 5.41) is 0. The van der Waals surface area contributed by atoms with Gasteiger partial charge in [-0.2, -0.15) is 0 Å². The van der Waals surface area contributed by atoms with Gasteiger partial charge >= 0.3 is 5.97 Å². The molecule has 0 aromatic carbocycles. The molecule has 2 nitrogen and oxygen atoms in total. The van der Waals surface area contributed by atoms with E-state index in [4.69, 9.17) is 4.74 Å². The van der Waals surface area contributed by atoms with Gasteiger partial charge in [-0.3, -0.25) is 4.79 Å². The summed E-state index contributed by atoms with van der Waals surface area (Å²) in [6.45, 7) is 7.89. The van der Waals surface area contributed by atoms with Crippen LogP contribution in [0, 0.1) is 0 Å². The van der Waals surface area contributed by atoms with E-state index in [2.05, 4.69) is 6.92 Å². The highest BCUT2D eigenvalue weighted by Crippen LogP contribution is 2.18. The van der Waals surface area contributed by atoms with E-state index in [1.165, 1.54) is 0 Å². The molecule has 0 aliphatic carbocycles.